The number of phosphoric ester groups is 2. The van der Waals surface area contributed by atoms with Gasteiger partial charge in [0.15, 0.2) is 6.10 Å². The van der Waals surface area contributed by atoms with Crippen LogP contribution < -0.4 is 0 Å². The van der Waals surface area contributed by atoms with Crippen molar-refractivity contribution in [3.63, 3.8) is 0 Å². The first-order valence-electron chi connectivity index (χ1n) is 35.5. The molecule has 0 spiro atoms. The van der Waals surface area contributed by atoms with Gasteiger partial charge in [-0.25, -0.2) is 9.13 Å². The molecule has 5 unspecified atom stereocenters. The van der Waals surface area contributed by atoms with Gasteiger partial charge in [0.25, 0.3) is 0 Å². The van der Waals surface area contributed by atoms with Crippen molar-refractivity contribution in [1.29, 1.82) is 0 Å². The number of hydrogen-bond donors (Lipinski definition) is 4. The van der Waals surface area contributed by atoms with Gasteiger partial charge in [-0.05, 0) is 135 Å². The Morgan fingerprint density at radius 3 is 0.957 bits per heavy atom. The molecule has 16 nitrogen and oxygen atoms in total. The molecule has 0 aliphatic rings. The van der Waals surface area contributed by atoms with Gasteiger partial charge in [0.05, 0.1) is 26.4 Å². The molecule has 0 aromatic heterocycles. The third kappa shape index (κ3) is 68.9. The fourth-order valence-corrected chi connectivity index (χ4v) is 10.5. The number of ether oxygens (including phenoxy) is 3. The smallest absolute Gasteiger partial charge is 0.463 e. The Morgan fingerprint density at radius 1 is 0.312 bits per heavy atom. The number of carbonyl (C=O) groups is 3. The average molecular weight is 1350 g/mol. The van der Waals surface area contributed by atoms with Crippen molar-refractivity contribution in [2.24, 2.45) is 0 Å². The Labute approximate surface area is 563 Å². The summed E-state index contributed by atoms with van der Waals surface area (Å²) in [5, 5.41) is 20.6. The monoisotopic (exact) mass is 1340 g/mol. The second-order valence-corrected chi connectivity index (χ2v) is 26.2. The highest BCUT2D eigenvalue weighted by Gasteiger charge is 2.29. The number of esters is 3. The lowest BCUT2D eigenvalue weighted by molar-refractivity contribution is -0.161. The molecule has 0 aromatic rings. The lowest BCUT2D eigenvalue weighted by atomic mass is 10.1. The van der Waals surface area contributed by atoms with Crippen molar-refractivity contribution in [2.75, 3.05) is 39.6 Å². The molecule has 0 saturated heterocycles. The molecule has 0 bridgehead atoms. The topological polar surface area (TPSA) is 231 Å². The number of aliphatic hydroxyl groups excluding tert-OH is 2. The zero-order valence-electron chi connectivity index (χ0n) is 57.6. The molecule has 0 rings (SSSR count). The number of rotatable bonds is 66. The largest absolute Gasteiger partial charge is 0.472 e. The molecule has 0 aliphatic carbocycles. The molecule has 0 radical (unpaired) electrons. The summed E-state index contributed by atoms with van der Waals surface area (Å²) in [6.45, 7) is 2.38. The van der Waals surface area contributed by atoms with E-state index in [0.717, 1.165) is 154 Å². The van der Waals surface area contributed by atoms with Crippen LogP contribution in [0.25, 0.3) is 0 Å². The SMILES string of the molecule is CC/C=C\C/C=C\C/C=C\C/C=C\C/C=C\CCCCCC(=O)OCC(COP(=O)(O)OCC(O)COP(=O)(O)OCC(O)COC(=O)CCCCCCCCCCC/C=C\C/C=C\C/C=C\C/C=C\CCCCC)OC(=O)CCCCCCC/C=C\C/C=C\CCC. The molecule has 0 aliphatic heterocycles. The molecular formula is C75H126O16P2. The van der Waals surface area contributed by atoms with Crippen LogP contribution >= 0.6 is 15.6 Å². The molecule has 4 N–H and O–H groups in total. The highest BCUT2D eigenvalue weighted by molar-refractivity contribution is 7.47. The molecule has 0 saturated carbocycles. The minimum Gasteiger partial charge on any atom is -0.463 e. The second-order valence-electron chi connectivity index (χ2n) is 23.3. The summed E-state index contributed by atoms with van der Waals surface area (Å²) >= 11 is 0. The van der Waals surface area contributed by atoms with Gasteiger partial charge in [-0.2, -0.15) is 0 Å². The molecule has 0 fully saturated rings. The number of carbonyl (C=O) groups excluding carboxylic acids is 3. The third-order valence-corrected chi connectivity index (χ3v) is 16.2. The maximum atomic E-state index is 12.9. The summed E-state index contributed by atoms with van der Waals surface area (Å²) in [4.78, 5) is 58.4. The van der Waals surface area contributed by atoms with Crippen LogP contribution in [-0.2, 0) is 55.8 Å². The first kappa shape index (κ1) is 88.7. The van der Waals surface area contributed by atoms with Gasteiger partial charge in [-0.3, -0.25) is 32.5 Å². The van der Waals surface area contributed by atoms with E-state index in [-0.39, 0.29) is 19.3 Å². The molecule has 93 heavy (non-hydrogen) atoms. The molecule has 18 heteroatoms. The van der Waals surface area contributed by atoms with Crippen LogP contribution in [0, 0.1) is 0 Å². The highest BCUT2D eigenvalue weighted by Crippen LogP contribution is 2.45. The zero-order chi connectivity index (χ0) is 68.1. The van der Waals surface area contributed by atoms with Gasteiger partial charge in [0, 0.05) is 19.3 Å². The van der Waals surface area contributed by atoms with Crippen LogP contribution in [0.2, 0.25) is 0 Å². The predicted octanol–water partition coefficient (Wildman–Crippen LogP) is 20.0. The number of unbranched alkanes of at least 4 members (excludes halogenated alkanes) is 21. The van der Waals surface area contributed by atoms with Crippen molar-refractivity contribution in [3.05, 3.63) is 134 Å². The van der Waals surface area contributed by atoms with E-state index >= 15 is 0 Å². The molecule has 532 valence electrons. The highest BCUT2D eigenvalue weighted by atomic mass is 31.2. The first-order chi connectivity index (χ1) is 45.2. The van der Waals surface area contributed by atoms with Gasteiger partial charge in [0.2, 0.25) is 0 Å². The Bertz CT molecular complexity index is 2230. The molecular weight excluding hydrogens is 1220 g/mol. The standard InChI is InChI=1S/C75H126O16P2/c1-4-7-10-13-16-19-22-25-27-29-31-32-33-34-35-36-38-40-41-44-46-49-52-55-58-61-73(78)85-64-70(76)65-87-92(81,82)88-66-71(77)67-89-93(83,84)90-69-72(91-75(80)63-60-57-54-51-48-43-24-21-18-15-12-9-6-3)68-86-74(79)62-59-56-53-50-47-45-42-39-37-30-28-26-23-20-17-14-11-8-5-2/h8,11-12,15-17,19-21,24-28,31-32,34-35,37,39,45,47,70-72,76-77H,4-7,9-10,13-14,18,22-23,29-30,33,36,38,40-44,46,48-69H2,1-3H3,(H,81,82)(H,83,84)/b11-8-,15-12-,19-16-,20-17-,24-21-,27-25-,28-26-,32-31-,35-34-,39-37-,47-45-. The van der Waals surface area contributed by atoms with E-state index in [9.17, 15) is 43.5 Å². The molecule has 0 amide bonds. The van der Waals surface area contributed by atoms with Crippen LogP contribution in [0.1, 0.15) is 265 Å². The number of hydrogen-bond acceptors (Lipinski definition) is 14. The van der Waals surface area contributed by atoms with E-state index in [1.165, 1.54) is 51.4 Å². The number of aliphatic hydroxyl groups is 2. The lowest BCUT2D eigenvalue weighted by Gasteiger charge is -2.21. The van der Waals surface area contributed by atoms with Crippen molar-refractivity contribution in [1.82, 2.24) is 0 Å². The first-order valence-corrected chi connectivity index (χ1v) is 38.5. The fraction of sp³-hybridized carbons (Fsp3) is 0.667. The number of phosphoric acid groups is 2. The van der Waals surface area contributed by atoms with E-state index in [1.54, 1.807) is 0 Å². The van der Waals surface area contributed by atoms with Gasteiger partial charge in [0.1, 0.15) is 25.4 Å². The van der Waals surface area contributed by atoms with Crippen molar-refractivity contribution >= 4 is 33.6 Å². The van der Waals surface area contributed by atoms with E-state index in [2.05, 4.69) is 154 Å². The lowest BCUT2D eigenvalue weighted by Crippen LogP contribution is -2.30. The van der Waals surface area contributed by atoms with Crippen LogP contribution in [0.3, 0.4) is 0 Å². The molecule has 0 aromatic carbocycles. The Morgan fingerprint density at radius 2 is 0.591 bits per heavy atom. The van der Waals surface area contributed by atoms with Crippen LogP contribution in [0.4, 0.5) is 0 Å². The van der Waals surface area contributed by atoms with E-state index < -0.39 is 91.5 Å². The van der Waals surface area contributed by atoms with E-state index in [4.69, 9.17) is 32.3 Å². The molecule has 0 heterocycles. The minimum atomic E-state index is -4.94. The predicted molar refractivity (Wildman–Crippen MR) is 380 cm³/mol. The average Bonchev–Trinajstić information content (AvgIpc) is 3.74. The summed E-state index contributed by atoms with van der Waals surface area (Å²) in [5.41, 5.74) is 0. The summed E-state index contributed by atoms with van der Waals surface area (Å²) in [6.07, 6.45) is 79.3. The second kappa shape index (κ2) is 67.7. The zero-order valence-corrected chi connectivity index (χ0v) is 59.4. The fourth-order valence-electron chi connectivity index (χ4n) is 8.91. The van der Waals surface area contributed by atoms with Crippen molar-refractivity contribution in [2.45, 2.75) is 283 Å². The van der Waals surface area contributed by atoms with Gasteiger partial charge >= 0.3 is 33.6 Å². The summed E-state index contributed by atoms with van der Waals surface area (Å²) < 4.78 is 60.9. The summed E-state index contributed by atoms with van der Waals surface area (Å²) in [7, 11) is -9.80. The van der Waals surface area contributed by atoms with E-state index in [0.29, 0.717) is 19.3 Å². The Kier molecular flexibility index (Phi) is 64.5. The van der Waals surface area contributed by atoms with E-state index in [1.807, 2.05) is 0 Å². The number of allylic oxidation sites excluding steroid dienone is 22. The summed E-state index contributed by atoms with van der Waals surface area (Å²) in [5.74, 6) is -1.64. The quantitative estimate of drug-likeness (QED) is 0.0146. The maximum Gasteiger partial charge on any atom is 0.472 e. The normalized spacial score (nSPS) is 15.0. The van der Waals surface area contributed by atoms with Crippen molar-refractivity contribution < 1.29 is 75.8 Å². The maximum absolute atomic E-state index is 12.9. The van der Waals surface area contributed by atoms with Gasteiger partial charge < -0.3 is 34.2 Å². The Balaban J connectivity index is 4.61. The van der Waals surface area contributed by atoms with Gasteiger partial charge in [-0.15, -0.1) is 0 Å². The summed E-state index contributed by atoms with van der Waals surface area (Å²) in [6, 6.07) is 0. The van der Waals surface area contributed by atoms with Crippen LogP contribution in [0.5, 0.6) is 0 Å². The minimum absolute atomic E-state index is 0.0766. The van der Waals surface area contributed by atoms with Crippen molar-refractivity contribution in [3.8, 4) is 0 Å². The third-order valence-electron chi connectivity index (χ3n) is 14.3. The Hall–Kier alpha value is -4.31. The van der Waals surface area contributed by atoms with Crippen LogP contribution in [-0.4, -0.2) is 95.9 Å². The van der Waals surface area contributed by atoms with Gasteiger partial charge in [-0.1, -0.05) is 244 Å². The van der Waals surface area contributed by atoms with Crippen LogP contribution in [0.15, 0.2) is 134 Å². The molecule has 5 atom stereocenters.